The van der Waals surface area contributed by atoms with Gasteiger partial charge in [0.25, 0.3) is 0 Å². The molecule has 0 aromatic carbocycles. The summed E-state index contributed by atoms with van der Waals surface area (Å²) in [6.07, 6.45) is 2.54. The first-order valence-corrected chi connectivity index (χ1v) is 7.21. The molecule has 0 aliphatic carbocycles. The minimum atomic E-state index is -0.118. The van der Waals surface area contributed by atoms with Crippen LogP contribution in [-0.4, -0.2) is 66.3 Å². The predicted molar refractivity (Wildman–Crippen MR) is 77.2 cm³/mol. The molecular formula is C14H29N3O2. The van der Waals surface area contributed by atoms with Crippen LogP contribution in [0.25, 0.3) is 0 Å². The molecule has 0 bridgehead atoms. The van der Waals surface area contributed by atoms with Gasteiger partial charge >= 0.3 is 6.03 Å². The van der Waals surface area contributed by atoms with Crippen molar-refractivity contribution in [2.45, 2.75) is 39.2 Å². The lowest BCUT2D eigenvalue weighted by molar-refractivity contribution is 0.0711. The van der Waals surface area contributed by atoms with Gasteiger partial charge in [-0.15, -0.1) is 0 Å². The van der Waals surface area contributed by atoms with Gasteiger partial charge in [0.05, 0.1) is 6.61 Å². The third-order valence-corrected chi connectivity index (χ3v) is 3.97. The minimum Gasteiger partial charge on any atom is -0.395 e. The molecule has 5 nitrogen and oxygen atoms in total. The monoisotopic (exact) mass is 271 g/mol. The zero-order valence-corrected chi connectivity index (χ0v) is 12.8. The highest BCUT2D eigenvalue weighted by atomic mass is 16.3. The fourth-order valence-electron chi connectivity index (χ4n) is 2.53. The van der Waals surface area contributed by atoms with Crippen LogP contribution in [0.3, 0.4) is 0 Å². The number of piperidine rings is 1. The van der Waals surface area contributed by atoms with Gasteiger partial charge in [0.15, 0.2) is 0 Å². The van der Waals surface area contributed by atoms with Gasteiger partial charge in [0.1, 0.15) is 0 Å². The van der Waals surface area contributed by atoms with E-state index >= 15 is 0 Å². The number of carbonyl (C=O) groups is 1. The van der Waals surface area contributed by atoms with Crippen molar-refractivity contribution in [1.82, 2.24) is 15.1 Å². The zero-order valence-electron chi connectivity index (χ0n) is 12.8. The standard InChI is InChI=1S/C14H29N3O2/c1-12-6-5-7-17(10-12)14(2,3)11-15-13(19)16(4)8-9-18/h12,18H,5-11H2,1-4H3,(H,15,19). The van der Waals surface area contributed by atoms with Crippen molar-refractivity contribution >= 4 is 6.03 Å². The van der Waals surface area contributed by atoms with Gasteiger partial charge in [-0.25, -0.2) is 4.79 Å². The molecule has 1 aliphatic rings. The lowest BCUT2D eigenvalue weighted by atomic mass is 9.93. The molecule has 0 radical (unpaired) electrons. The number of likely N-dealkylation sites (N-methyl/N-ethyl adjacent to an activating group) is 1. The number of likely N-dealkylation sites (tertiary alicyclic amines) is 1. The summed E-state index contributed by atoms with van der Waals surface area (Å²) in [5, 5.41) is 11.8. The zero-order chi connectivity index (χ0) is 14.5. The van der Waals surface area contributed by atoms with E-state index in [0.717, 1.165) is 19.0 Å². The van der Waals surface area contributed by atoms with Gasteiger partial charge in [-0.3, -0.25) is 4.90 Å². The van der Waals surface area contributed by atoms with Crippen molar-refractivity contribution in [1.29, 1.82) is 0 Å². The maximum absolute atomic E-state index is 11.8. The molecule has 1 atom stereocenters. The largest absolute Gasteiger partial charge is 0.395 e. The van der Waals surface area contributed by atoms with Gasteiger partial charge in [0.2, 0.25) is 0 Å². The van der Waals surface area contributed by atoms with Gasteiger partial charge in [0, 0.05) is 32.2 Å². The van der Waals surface area contributed by atoms with Gasteiger partial charge in [-0.05, 0) is 39.2 Å². The number of nitrogens with zero attached hydrogens (tertiary/aromatic N) is 2. The second-order valence-electron chi connectivity index (χ2n) is 6.31. The van der Waals surface area contributed by atoms with Crippen molar-refractivity contribution in [2.24, 2.45) is 5.92 Å². The van der Waals surface area contributed by atoms with E-state index in [2.05, 4.69) is 31.0 Å². The summed E-state index contributed by atoms with van der Waals surface area (Å²) in [5.41, 5.74) is -0.0234. The summed E-state index contributed by atoms with van der Waals surface area (Å²) < 4.78 is 0. The Balaban J connectivity index is 2.43. The Labute approximate surface area is 117 Å². The highest BCUT2D eigenvalue weighted by molar-refractivity contribution is 5.73. The molecule has 112 valence electrons. The van der Waals surface area contributed by atoms with Crippen molar-refractivity contribution < 1.29 is 9.90 Å². The SMILES string of the molecule is CC1CCCN(C(C)(C)CNC(=O)N(C)CCO)C1. The van der Waals surface area contributed by atoms with E-state index in [1.165, 1.54) is 17.7 Å². The minimum absolute atomic E-state index is 0.00302. The van der Waals surface area contributed by atoms with Crippen LogP contribution in [0, 0.1) is 5.92 Å². The summed E-state index contributed by atoms with van der Waals surface area (Å²) in [4.78, 5) is 15.8. The molecular weight excluding hydrogens is 242 g/mol. The summed E-state index contributed by atoms with van der Waals surface area (Å²) in [6.45, 7) is 9.86. The highest BCUT2D eigenvalue weighted by Crippen LogP contribution is 2.23. The molecule has 0 aromatic heterocycles. The molecule has 0 saturated carbocycles. The Morgan fingerprint density at radius 2 is 2.21 bits per heavy atom. The Morgan fingerprint density at radius 1 is 1.53 bits per heavy atom. The van der Waals surface area contributed by atoms with E-state index < -0.39 is 0 Å². The smallest absolute Gasteiger partial charge is 0.317 e. The summed E-state index contributed by atoms with van der Waals surface area (Å²) in [6, 6.07) is -0.118. The van der Waals surface area contributed by atoms with E-state index in [4.69, 9.17) is 5.11 Å². The van der Waals surface area contributed by atoms with Crippen molar-refractivity contribution in [3.05, 3.63) is 0 Å². The van der Waals surface area contributed by atoms with Crippen LogP contribution in [0.2, 0.25) is 0 Å². The van der Waals surface area contributed by atoms with Gasteiger partial charge in [-0.1, -0.05) is 6.92 Å². The molecule has 0 aromatic rings. The number of rotatable bonds is 5. The van der Waals surface area contributed by atoms with Crippen molar-refractivity contribution in [3.63, 3.8) is 0 Å². The van der Waals surface area contributed by atoms with Crippen LogP contribution in [0.15, 0.2) is 0 Å². The summed E-state index contributed by atoms with van der Waals surface area (Å²) >= 11 is 0. The number of nitrogens with one attached hydrogen (secondary N) is 1. The molecule has 1 unspecified atom stereocenters. The molecule has 1 heterocycles. The van der Waals surface area contributed by atoms with Gasteiger partial charge in [-0.2, -0.15) is 0 Å². The second kappa shape index (κ2) is 7.10. The summed E-state index contributed by atoms with van der Waals surface area (Å²) in [5.74, 6) is 0.737. The first-order chi connectivity index (χ1) is 8.86. The number of aliphatic hydroxyl groups is 1. The number of hydrogen-bond acceptors (Lipinski definition) is 3. The third kappa shape index (κ3) is 4.99. The van der Waals surface area contributed by atoms with Crippen LogP contribution in [0.5, 0.6) is 0 Å². The number of hydrogen-bond donors (Lipinski definition) is 2. The number of urea groups is 1. The second-order valence-corrected chi connectivity index (χ2v) is 6.31. The molecule has 19 heavy (non-hydrogen) atoms. The average Bonchev–Trinajstić information content (AvgIpc) is 2.36. The fourth-order valence-corrected chi connectivity index (χ4v) is 2.53. The number of aliphatic hydroxyl groups excluding tert-OH is 1. The maximum atomic E-state index is 11.8. The normalized spacial score (nSPS) is 21.2. The van der Waals surface area contributed by atoms with Crippen LogP contribution in [0.1, 0.15) is 33.6 Å². The highest BCUT2D eigenvalue weighted by Gasteiger charge is 2.30. The van der Waals surface area contributed by atoms with Crippen LogP contribution < -0.4 is 5.32 Å². The Kier molecular flexibility index (Phi) is 6.07. The van der Waals surface area contributed by atoms with E-state index in [1.54, 1.807) is 7.05 Å². The maximum Gasteiger partial charge on any atom is 0.317 e. The van der Waals surface area contributed by atoms with E-state index in [1.807, 2.05) is 0 Å². The van der Waals surface area contributed by atoms with Crippen LogP contribution >= 0.6 is 0 Å². The molecule has 2 amide bonds. The lowest BCUT2D eigenvalue weighted by Gasteiger charge is -2.43. The Morgan fingerprint density at radius 3 is 2.79 bits per heavy atom. The number of carbonyl (C=O) groups excluding carboxylic acids is 1. The van der Waals surface area contributed by atoms with Crippen LogP contribution in [-0.2, 0) is 0 Å². The number of amides is 2. The van der Waals surface area contributed by atoms with E-state index in [9.17, 15) is 4.79 Å². The summed E-state index contributed by atoms with van der Waals surface area (Å²) in [7, 11) is 1.70. The lowest BCUT2D eigenvalue weighted by Crippen LogP contribution is -2.55. The topological polar surface area (TPSA) is 55.8 Å². The van der Waals surface area contributed by atoms with Gasteiger partial charge < -0.3 is 15.3 Å². The molecule has 1 fully saturated rings. The Hall–Kier alpha value is -0.810. The first kappa shape index (κ1) is 16.2. The molecule has 1 saturated heterocycles. The molecule has 1 rings (SSSR count). The van der Waals surface area contributed by atoms with E-state index in [0.29, 0.717) is 13.1 Å². The molecule has 5 heteroatoms. The van der Waals surface area contributed by atoms with Crippen molar-refractivity contribution in [3.8, 4) is 0 Å². The van der Waals surface area contributed by atoms with Crippen LogP contribution in [0.4, 0.5) is 4.79 Å². The predicted octanol–water partition coefficient (Wildman–Crippen LogP) is 1.13. The Bertz CT molecular complexity index is 294. The van der Waals surface area contributed by atoms with E-state index in [-0.39, 0.29) is 18.2 Å². The average molecular weight is 271 g/mol. The van der Waals surface area contributed by atoms with Crippen molar-refractivity contribution in [2.75, 3.05) is 39.8 Å². The molecule has 2 N–H and O–H groups in total. The molecule has 1 aliphatic heterocycles. The third-order valence-electron chi connectivity index (χ3n) is 3.97. The quantitative estimate of drug-likeness (QED) is 0.788. The first-order valence-electron chi connectivity index (χ1n) is 7.21. The molecule has 0 spiro atoms. The fraction of sp³-hybridized carbons (Fsp3) is 0.929.